The van der Waals surface area contributed by atoms with Gasteiger partial charge in [-0.1, -0.05) is 54.1 Å². The van der Waals surface area contributed by atoms with E-state index >= 15 is 0 Å². The van der Waals surface area contributed by atoms with Crippen molar-refractivity contribution in [3.63, 3.8) is 0 Å². The molecule has 140 valence electrons. The molecule has 1 aliphatic heterocycles. The fourth-order valence-corrected chi connectivity index (χ4v) is 3.42. The molecule has 1 aliphatic rings. The van der Waals surface area contributed by atoms with Crippen molar-refractivity contribution in [1.29, 1.82) is 0 Å². The molecule has 5 heteroatoms. The van der Waals surface area contributed by atoms with Gasteiger partial charge in [-0.3, -0.25) is 4.79 Å². The van der Waals surface area contributed by atoms with Gasteiger partial charge >= 0.3 is 5.97 Å². The van der Waals surface area contributed by atoms with Crippen molar-refractivity contribution in [3.05, 3.63) is 101 Å². The van der Waals surface area contributed by atoms with Crippen molar-refractivity contribution in [2.75, 3.05) is 5.32 Å². The van der Waals surface area contributed by atoms with Crippen LogP contribution < -0.4 is 5.32 Å². The van der Waals surface area contributed by atoms with Gasteiger partial charge in [0.2, 0.25) is 0 Å². The molecule has 0 aliphatic carbocycles. The lowest BCUT2D eigenvalue weighted by Crippen LogP contribution is -2.42. The third-order valence-corrected chi connectivity index (χ3v) is 4.97. The molecule has 0 bridgehead atoms. The molecule has 0 spiro atoms. The number of fused-ring (bicyclic) bond motifs is 1. The molecule has 0 saturated carbocycles. The van der Waals surface area contributed by atoms with E-state index in [-0.39, 0.29) is 17.6 Å². The van der Waals surface area contributed by atoms with Gasteiger partial charge < -0.3 is 15.3 Å². The number of carboxylic acids is 1. The van der Waals surface area contributed by atoms with Gasteiger partial charge in [0, 0.05) is 12.2 Å². The predicted octanol–water partition coefficient (Wildman–Crippen LogP) is 4.46. The summed E-state index contributed by atoms with van der Waals surface area (Å²) in [6, 6.07) is 22.2. The molecular formula is C23H20N2O3. The van der Waals surface area contributed by atoms with Crippen molar-refractivity contribution in [3.8, 4) is 0 Å². The molecule has 0 radical (unpaired) electrons. The van der Waals surface area contributed by atoms with Crippen molar-refractivity contribution in [2.24, 2.45) is 0 Å². The number of nitrogens with one attached hydrogen (secondary N) is 1. The summed E-state index contributed by atoms with van der Waals surface area (Å²) in [6.07, 6.45) is -0.383. The Labute approximate surface area is 163 Å². The van der Waals surface area contributed by atoms with E-state index < -0.39 is 5.97 Å². The van der Waals surface area contributed by atoms with Gasteiger partial charge in [-0.05, 0) is 42.3 Å². The van der Waals surface area contributed by atoms with Gasteiger partial charge in [-0.25, -0.2) is 4.79 Å². The number of amides is 1. The lowest BCUT2D eigenvalue weighted by Gasteiger charge is -2.38. The maximum atomic E-state index is 13.2. The molecule has 1 heterocycles. The molecule has 28 heavy (non-hydrogen) atoms. The average molecular weight is 372 g/mol. The summed E-state index contributed by atoms with van der Waals surface area (Å²) in [6.45, 7) is 2.48. The highest BCUT2D eigenvalue weighted by Crippen LogP contribution is 2.34. The zero-order valence-electron chi connectivity index (χ0n) is 15.4. The molecule has 3 aromatic rings. The van der Waals surface area contributed by atoms with E-state index in [1.54, 1.807) is 29.2 Å². The highest BCUT2D eigenvalue weighted by Gasteiger charge is 2.32. The largest absolute Gasteiger partial charge is 0.478 e. The molecule has 5 nitrogen and oxygen atoms in total. The van der Waals surface area contributed by atoms with E-state index in [1.807, 2.05) is 55.5 Å². The number of carbonyl (C=O) groups excluding carboxylic acids is 1. The number of carboxylic acid groups (broad SMARTS) is 1. The summed E-state index contributed by atoms with van der Waals surface area (Å²) in [5.41, 5.74) is 4.66. The van der Waals surface area contributed by atoms with E-state index in [9.17, 15) is 9.59 Å². The van der Waals surface area contributed by atoms with Crippen molar-refractivity contribution < 1.29 is 14.7 Å². The Morgan fingerprint density at radius 3 is 2.36 bits per heavy atom. The van der Waals surface area contributed by atoms with Crippen LogP contribution in [0.2, 0.25) is 0 Å². The highest BCUT2D eigenvalue weighted by molar-refractivity contribution is 6.01. The van der Waals surface area contributed by atoms with Crippen LogP contribution in [0.4, 0.5) is 5.69 Å². The number of nitrogens with zero attached hydrogens (tertiary/aromatic N) is 1. The second-order valence-corrected chi connectivity index (χ2v) is 6.94. The Kier molecular flexibility index (Phi) is 4.57. The molecule has 4 rings (SSSR count). The molecule has 0 saturated heterocycles. The first kappa shape index (κ1) is 17.8. The Morgan fingerprint density at radius 1 is 1.00 bits per heavy atom. The number of aryl methyl sites for hydroxylation is 1. The molecule has 0 aromatic heterocycles. The van der Waals surface area contributed by atoms with Crippen LogP contribution in [0.15, 0.2) is 72.8 Å². The molecular weight excluding hydrogens is 352 g/mol. The van der Waals surface area contributed by atoms with Gasteiger partial charge in [0.15, 0.2) is 0 Å². The van der Waals surface area contributed by atoms with E-state index in [2.05, 4.69) is 5.32 Å². The smallest absolute Gasteiger partial charge is 0.335 e. The summed E-state index contributed by atoms with van der Waals surface area (Å²) in [5, 5.41) is 12.6. The summed E-state index contributed by atoms with van der Waals surface area (Å²) in [5.74, 6) is -1.02. The van der Waals surface area contributed by atoms with Crippen molar-refractivity contribution in [1.82, 2.24) is 4.90 Å². The fraction of sp³-hybridized carbons (Fsp3) is 0.130. The summed E-state index contributed by atoms with van der Waals surface area (Å²) < 4.78 is 0. The SMILES string of the molecule is Cc1ccc(CN2C(=O)c3ccccc3N[C@H]2c2ccc(C(=O)O)cc2)cc1. The lowest BCUT2D eigenvalue weighted by atomic mass is 10.0. The standard InChI is InChI=1S/C23H20N2O3/c1-15-6-8-16(9-7-15)14-25-21(17-10-12-18(13-11-17)23(27)28)24-20-5-3-2-4-19(20)22(25)26/h2-13,21,24H,14H2,1H3,(H,27,28)/t21-/m1/s1. The van der Waals surface area contributed by atoms with Crippen LogP contribution in [-0.4, -0.2) is 21.9 Å². The van der Waals surface area contributed by atoms with Crippen LogP contribution in [0.3, 0.4) is 0 Å². The van der Waals surface area contributed by atoms with E-state index in [0.717, 1.165) is 22.4 Å². The predicted molar refractivity (Wildman–Crippen MR) is 107 cm³/mol. The number of aromatic carboxylic acids is 1. The fourth-order valence-electron chi connectivity index (χ4n) is 3.42. The minimum absolute atomic E-state index is 0.0535. The van der Waals surface area contributed by atoms with E-state index in [1.165, 1.54) is 0 Å². The summed E-state index contributed by atoms with van der Waals surface area (Å²) in [4.78, 5) is 26.2. The molecule has 0 unspecified atom stereocenters. The number of hydrogen-bond donors (Lipinski definition) is 2. The number of para-hydroxylation sites is 1. The average Bonchev–Trinajstić information content (AvgIpc) is 2.71. The number of benzene rings is 3. The van der Waals surface area contributed by atoms with Crippen LogP contribution in [0.1, 0.15) is 43.6 Å². The number of hydrogen-bond acceptors (Lipinski definition) is 3. The second-order valence-electron chi connectivity index (χ2n) is 6.94. The van der Waals surface area contributed by atoms with Crippen LogP contribution in [-0.2, 0) is 6.54 Å². The molecule has 0 fully saturated rings. The van der Waals surface area contributed by atoms with Crippen LogP contribution in [0.25, 0.3) is 0 Å². The monoisotopic (exact) mass is 372 g/mol. The first-order valence-electron chi connectivity index (χ1n) is 9.08. The quantitative estimate of drug-likeness (QED) is 0.709. The summed E-state index contributed by atoms with van der Waals surface area (Å²) in [7, 11) is 0. The maximum Gasteiger partial charge on any atom is 0.335 e. The van der Waals surface area contributed by atoms with Crippen molar-refractivity contribution in [2.45, 2.75) is 19.6 Å². The topological polar surface area (TPSA) is 69.6 Å². The molecule has 1 atom stereocenters. The highest BCUT2D eigenvalue weighted by atomic mass is 16.4. The number of rotatable bonds is 4. The van der Waals surface area contributed by atoms with E-state index in [4.69, 9.17) is 5.11 Å². The van der Waals surface area contributed by atoms with Gasteiger partial charge in [-0.2, -0.15) is 0 Å². The van der Waals surface area contributed by atoms with Gasteiger partial charge in [-0.15, -0.1) is 0 Å². The molecule has 1 amide bonds. The maximum absolute atomic E-state index is 13.2. The first-order valence-corrected chi connectivity index (χ1v) is 9.08. The van der Waals surface area contributed by atoms with Gasteiger partial charge in [0.25, 0.3) is 5.91 Å². The first-order chi connectivity index (χ1) is 13.5. The third-order valence-electron chi connectivity index (χ3n) is 4.97. The summed E-state index contributed by atoms with van der Waals surface area (Å²) >= 11 is 0. The number of carbonyl (C=O) groups is 2. The van der Waals surface area contributed by atoms with E-state index in [0.29, 0.717) is 12.1 Å². The Morgan fingerprint density at radius 2 is 1.68 bits per heavy atom. The minimum atomic E-state index is -0.971. The lowest BCUT2D eigenvalue weighted by molar-refractivity contribution is 0.0662. The Hall–Kier alpha value is -3.60. The van der Waals surface area contributed by atoms with Crippen molar-refractivity contribution >= 4 is 17.6 Å². The number of anilines is 1. The molecule has 3 aromatic carbocycles. The Balaban J connectivity index is 1.73. The van der Waals surface area contributed by atoms with Crippen LogP contribution in [0.5, 0.6) is 0 Å². The normalized spacial score (nSPS) is 15.7. The second kappa shape index (κ2) is 7.19. The third kappa shape index (κ3) is 3.34. The van der Waals surface area contributed by atoms with Crippen LogP contribution >= 0.6 is 0 Å². The van der Waals surface area contributed by atoms with Gasteiger partial charge in [0.05, 0.1) is 11.1 Å². The Bertz CT molecular complexity index is 1030. The zero-order chi connectivity index (χ0) is 19.7. The van der Waals surface area contributed by atoms with Crippen LogP contribution in [0, 0.1) is 6.92 Å². The van der Waals surface area contributed by atoms with Gasteiger partial charge in [0.1, 0.15) is 6.17 Å². The molecule has 2 N–H and O–H groups in total. The zero-order valence-corrected chi connectivity index (χ0v) is 15.4. The minimum Gasteiger partial charge on any atom is -0.478 e.